The summed E-state index contributed by atoms with van der Waals surface area (Å²) in [7, 11) is 1.73. The monoisotopic (exact) mass is 426 g/mol. The minimum atomic E-state index is -0.546. The van der Waals surface area contributed by atoms with Crippen LogP contribution in [-0.4, -0.2) is 29.8 Å². The fourth-order valence-electron chi connectivity index (χ4n) is 8.45. The van der Waals surface area contributed by atoms with E-state index in [1.807, 2.05) is 0 Å². The van der Waals surface area contributed by atoms with E-state index < -0.39 is 5.60 Å². The molecule has 0 saturated heterocycles. The second-order valence-corrected chi connectivity index (χ2v) is 11.3. The summed E-state index contributed by atoms with van der Waals surface area (Å²) >= 11 is 3.77. The van der Waals surface area contributed by atoms with E-state index in [4.69, 9.17) is 4.74 Å². The Morgan fingerprint density at radius 1 is 1.04 bits per heavy atom. The summed E-state index contributed by atoms with van der Waals surface area (Å²) in [6, 6.07) is 0. The van der Waals surface area contributed by atoms with Crippen molar-refractivity contribution in [1.82, 2.24) is 0 Å². The van der Waals surface area contributed by atoms with Crippen molar-refractivity contribution in [3.63, 3.8) is 0 Å². The van der Waals surface area contributed by atoms with Crippen LogP contribution in [0.15, 0.2) is 0 Å². The molecule has 2 nitrogen and oxygen atoms in total. The van der Waals surface area contributed by atoms with E-state index in [2.05, 4.69) is 29.8 Å². The first kappa shape index (κ1) is 19.7. The Labute approximate surface area is 169 Å². The van der Waals surface area contributed by atoms with Gasteiger partial charge in [0.05, 0.1) is 12.2 Å². The van der Waals surface area contributed by atoms with E-state index in [1.165, 1.54) is 44.9 Å². The molecule has 4 rings (SSSR count). The van der Waals surface area contributed by atoms with Gasteiger partial charge >= 0.3 is 0 Å². The van der Waals surface area contributed by atoms with Crippen LogP contribution in [0.4, 0.5) is 0 Å². The number of aliphatic hydroxyl groups is 1. The lowest BCUT2D eigenvalue weighted by atomic mass is 9.48. The van der Waals surface area contributed by atoms with Gasteiger partial charge in [0.1, 0.15) is 0 Å². The molecule has 0 aromatic rings. The van der Waals surface area contributed by atoms with E-state index in [1.54, 1.807) is 7.11 Å². The van der Waals surface area contributed by atoms with Crippen molar-refractivity contribution >= 4 is 15.9 Å². The van der Waals surface area contributed by atoms with Gasteiger partial charge in [-0.25, -0.2) is 0 Å². The minimum absolute atomic E-state index is 0.525. The summed E-state index contributed by atoms with van der Waals surface area (Å²) in [6.07, 6.45) is 11.8. The minimum Gasteiger partial charge on any atom is -0.387 e. The SMILES string of the molecule is COC[C@@]1(O)CC[C@H]2[C@@H](CC[C@@H]3[C@@H]2CC[C@]2(C)[C@@H](C(C)CBr)CC[C@@H]32)C1. The van der Waals surface area contributed by atoms with Crippen molar-refractivity contribution in [2.75, 3.05) is 19.0 Å². The van der Waals surface area contributed by atoms with Crippen molar-refractivity contribution in [2.45, 2.75) is 77.2 Å². The van der Waals surface area contributed by atoms with Crippen molar-refractivity contribution in [1.29, 1.82) is 0 Å². The maximum absolute atomic E-state index is 10.9. The predicted molar refractivity (Wildman–Crippen MR) is 110 cm³/mol. The smallest absolute Gasteiger partial charge is 0.0882 e. The van der Waals surface area contributed by atoms with E-state index in [-0.39, 0.29) is 0 Å². The Morgan fingerprint density at radius 2 is 1.81 bits per heavy atom. The summed E-state index contributed by atoms with van der Waals surface area (Å²) in [4.78, 5) is 0. The van der Waals surface area contributed by atoms with Gasteiger partial charge in [0.25, 0.3) is 0 Å². The molecule has 0 amide bonds. The third-order valence-corrected chi connectivity index (χ3v) is 10.5. The highest BCUT2D eigenvalue weighted by Gasteiger charge is 2.58. The normalized spacial score (nSPS) is 52.0. The molecule has 4 fully saturated rings. The Hall–Kier alpha value is 0.400. The zero-order valence-corrected chi connectivity index (χ0v) is 18.6. The molecule has 3 heteroatoms. The molecule has 0 aromatic carbocycles. The van der Waals surface area contributed by atoms with E-state index in [0.717, 1.165) is 59.6 Å². The van der Waals surface area contributed by atoms with Gasteiger partial charge in [-0.1, -0.05) is 29.8 Å². The predicted octanol–water partition coefficient (Wildman–Crippen LogP) is 5.66. The van der Waals surface area contributed by atoms with Crippen LogP contribution in [0.2, 0.25) is 0 Å². The van der Waals surface area contributed by atoms with Gasteiger partial charge in [-0.15, -0.1) is 0 Å². The summed E-state index contributed by atoms with van der Waals surface area (Å²) < 4.78 is 5.33. The molecule has 0 radical (unpaired) electrons. The number of alkyl halides is 1. The summed E-state index contributed by atoms with van der Waals surface area (Å²) in [5, 5.41) is 12.1. The van der Waals surface area contributed by atoms with Crippen LogP contribution in [-0.2, 0) is 4.74 Å². The molecule has 26 heavy (non-hydrogen) atoms. The Morgan fingerprint density at radius 3 is 2.54 bits per heavy atom. The summed E-state index contributed by atoms with van der Waals surface area (Å²) in [6.45, 7) is 5.64. The molecule has 150 valence electrons. The van der Waals surface area contributed by atoms with Gasteiger partial charge in [-0.2, -0.15) is 0 Å². The third-order valence-electron chi connectivity index (χ3n) is 9.52. The van der Waals surface area contributed by atoms with Crippen molar-refractivity contribution in [3.05, 3.63) is 0 Å². The second-order valence-electron chi connectivity index (χ2n) is 10.7. The average Bonchev–Trinajstić information content (AvgIpc) is 2.98. The lowest BCUT2D eigenvalue weighted by Crippen LogP contribution is -2.52. The van der Waals surface area contributed by atoms with Crippen molar-refractivity contribution < 1.29 is 9.84 Å². The highest BCUT2D eigenvalue weighted by atomic mass is 79.9. The van der Waals surface area contributed by atoms with Crippen molar-refractivity contribution in [2.24, 2.45) is 46.8 Å². The molecule has 1 unspecified atom stereocenters. The fourth-order valence-corrected chi connectivity index (χ4v) is 8.90. The second kappa shape index (κ2) is 7.34. The number of ether oxygens (including phenoxy) is 1. The zero-order valence-electron chi connectivity index (χ0n) is 17.1. The largest absolute Gasteiger partial charge is 0.387 e. The number of hydrogen-bond donors (Lipinski definition) is 1. The van der Waals surface area contributed by atoms with Gasteiger partial charge in [0.15, 0.2) is 0 Å². The van der Waals surface area contributed by atoms with Crippen molar-refractivity contribution in [3.8, 4) is 0 Å². The molecule has 0 aliphatic heterocycles. The van der Waals surface area contributed by atoms with Crippen LogP contribution in [0.1, 0.15) is 71.6 Å². The average molecular weight is 427 g/mol. The standard InChI is InChI=1S/C23H39BrO2/c1-15(13-24)20-6-7-21-19-5-4-16-12-23(25,14-26-3)11-9-17(16)18(19)8-10-22(20,21)2/h15-21,25H,4-14H2,1-3H3/t15?,16-,17-,18+,19+,20+,21-,22+,23+/m0/s1. The van der Waals surface area contributed by atoms with E-state index >= 15 is 0 Å². The number of rotatable bonds is 4. The maximum atomic E-state index is 10.9. The van der Waals surface area contributed by atoms with E-state index in [0.29, 0.717) is 12.0 Å². The molecule has 4 aliphatic rings. The molecule has 4 saturated carbocycles. The summed E-state index contributed by atoms with van der Waals surface area (Å²) in [5.74, 6) is 6.23. The Kier molecular flexibility index (Phi) is 5.56. The van der Waals surface area contributed by atoms with Crippen LogP contribution < -0.4 is 0 Å². The number of fused-ring (bicyclic) bond motifs is 5. The highest BCUT2D eigenvalue weighted by molar-refractivity contribution is 9.09. The molecular weight excluding hydrogens is 388 g/mol. The lowest BCUT2D eigenvalue weighted by Gasteiger charge is -2.57. The van der Waals surface area contributed by atoms with Gasteiger partial charge in [0.2, 0.25) is 0 Å². The molecule has 0 aromatic heterocycles. The molecule has 0 heterocycles. The molecule has 1 N–H and O–H groups in total. The number of halogens is 1. The molecule has 0 bridgehead atoms. The Bertz CT molecular complexity index is 510. The third kappa shape index (κ3) is 3.12. The number of methoxy groups -OCH3 is 1. The van der Waals surface area contributed by atoms with Gasteiger partial charge in [-0.3, -0.25) is 0 Å². The first-order valence-electron chi connectivity index (χ1n) is 11.2. The summed E-state index contributed by atoms with van der Waals surface area (Å²) in [5.41, 5.74) is 0.0440. The van der Waals surface area contributed by atoms with Gasteiger partial charge in [-0.05, 0) is 105 Å². The van der Waals surface area contributed by atoms with Gasteiger partial charge < -0.3 is 9.84 Å². The maximum Gasteiger partial charge on any atom is 0.0882 e. The molecule has 9 atom stereocenters. The first-order valence-corrected chi connectivity index (χ1v) is 12.3. The first-order chi connectivity index (χ1) is 12.4. The molecular formula is C23H39BrO2. The van der Waals surface area contributed by atoms with Gasteiger partial charge in [0, 0.05) is 12.4 Å². The lowest BCUT2D eigenvalue weighted by molar-refractivity contribution is -0.125. The van der Waals surface area contributed by atoms with Crippen LogP contribution in [0, 0.1) is 46.8 Å². The van der Waals surface area contributed by atoms with Crippen LogP contribution in [0.25, 0.3) is 0 Å². The highest BCUT2D eigenvalue weighted by Crippen LogP contribution is 2.65. The quantitative estimate of drug-likeness (QED) is 0.587. The topological polar surface area (TPSA) is 29.5 Å². The zero-order chi connectivity index (χ0) is 18.5. The van der Waals surface area contributed by atoms with Crippen LogP contribution in [0.5, 0.6) is 0 Å². The number of hydrogen-bond acceptors (Lipinski definition) is 2. The molecule has 4 aliphatic carbocycles. The van der Waals surface area contributed by atoms with E-state index in [9.17, 15) is 5.11 Å². The van der Waals surface area contributed by atoms with Crippen LogP contribution >= 0.6 is 15.9 Å². The fraction of sp³-hybridized carbons (Fsp3) is 1.00. The van der Waals surface area contributed by atoms with Crippen LogP contribution in [0.3, 0.4) is 0 Å². The Balaban J connectivity index is 1.49. The molecule has 0 spiro atoms.